The van der Waals surface area contributed by atoms with Gasteiger partial charge in [-0.1, -0.05) is 6.07 Å². The van der Waals surface area contributed by atoms with Crippen molar-refractivity contribution in [2.24, 2.45) is 0 Å². The molecule has 1 aromatic carbocycles. The van der Waals surface area contributed by atoms with Gasteiger partial charge in [0.2, 0.25) is 0 Å². The zero-order valence-corrected chi connectivity index (χ0v) is 7.71. The highest BCUT2D eigenvalue weighted by Gasteiger charge is 2.15. The van der Waals surface area contributed by atoms with Gasteiger partial charge in [-0.3, -0.25) is 10.1 Å². The number of rotatable bonds is 4. The van der Waals surface area contributed by atoms with Crippen molar-refractivity contribution in [2.75, 3.05) is 6.61 Å². The van der Waals surface area contributed by atoms with Gasteiger partial charge < -0.3 is 9.84 Å². The summed E-state index contributed by atoms with van der Waals surface area (Å²) < 4.78 is 4.86. The molecule has 0 saturated carbocycles. The van der Waals surface area contributed by atoms with E-state index in [9.17, 15) is 10.1 Å². The number of aliphatic hydroxyl groups excluding tert-OH is 1. The van der Waals surface area contributed by atoms with Crippen molar-refractivity contribution in [1.82, 2.24) is 0 Å². The van der Waals surface area contributed by atoms with E-state index >= 15 is 0 Å². The fourth-order valence-electron chi connectivity index (χ4n) is 1.04. The topological polar surface area (TPSA) is 96.4 Å². The summed E-state index contributed by atoms with van der Waals surface area (Å²) in [6.45, 7) is -0.529. The third-order valence-corrected chi connectivity index (χ3v) is 1.69. The van der Waals surface area contributed by atoms with Crippen LogP contribution in [0.4, 0.5) is 5.69 Å². The van der Waals surface area contributed by atoms with E-state index in [0.29, 0.717) is 5.56 Å². The maximum absolute atomic E-state index is 10.6. The average molecular weight is 208 g/mol. The predicted octanol–water partition coefficient (Wildman–Crippen LogP) is 0.989. The zero-order chi connectivity index (χ0) is 11.3. The second-order valence-corrected chi connectivity index (χ2v) is 2.66. The molecule has 0 aliphatic carbocycles. The van der Waals surface area contributed by atoms with E-state index in [1.165, 1.54) is 18.2 Å². The first-order valence-corrected chi connectivity index (χ1v) is 4.07. The minimum absolute atomic E-state index is 0.0266. The van der Waals surface area contributed by atoms with Gasteiger partial charge in [0.15, 0.2) is 12.4 Å². The molecule has 6 heteroatoms. The van der Waals surface area contributed by atoms with Gasteiger partial charge in [-0.15, -0.1) is 0 Å². The van der Waals surface area contributed by atoms with Crippen molar-refractivity contribution in [3.8, 4) is 11.8 Å². The van der Waals surface area contributed by atoms with Gasteiger partial charge in [0.1, 0.15) is 6.07 Å². The Balaban J connectivity index is 3.05. The summed E-state index contributed by atoms with van der Waals surface area (Å²) in [5.74, 6) is 0.0266. The summed E-state index contributed by atoms with van der Waals surface area (Å²) in [4.78, 5) is 9.99. The van der Waals surface area contributed by atoms with Crippen molar-refractivity contribution in [2.45, 2.75) is 6.61 Å². The van der Waals surface area contributed by atoms with E-state index < -0.39 is 4.92 Å². The highest BCUT2D eigenvalue weighted by Crippen LogP contribution is 2.27. The molecule has 0 atom stereocenters. The number of nitrogens with zero attached hydrogens (tertiary/aromatic N) is 2. The van der Waals surface area contributed by atoms with Gasteiger partial charge in [0.05, 0.1) is 11.5 Å². The number of nitro benzene ring substituents is 1. The first-order chi connectivity index (χ1) is 7.19. The van der Waals surface area contributed by atoms with E-state index in [1.54, 1.807) is 6.07 Å². The van der Waals surface area contributed by atoms with Crippen LogP contribution in [-0.2, 0) is 6.61 Å². The summed E-state index contributed by atoms with van der Waals surface area (Å²) >= 11 is 0. The smallest absolute Gasteiger partial charge is 0.311 e. The third kappa shape index (κ3) is 2.65. The Morgan fingerprint density at radius 1 is 1.60 bits per heavy atom. The fourth-order valence-corrected chi connectivity index (χ4v) is 1.04. The molecule has 1 N–H and O–H groups in total. The Labute approximate surface area is 85.5 Å². The van der Waals surface area contributed by atoms with E-state index in [4.69, 9.17) is 15.1 Å². The summed E-state index contributed by atoms with van der Waals surface area (Å²) in [6, 6.07) is 5.79. The van der Waals surface area contributed by atoms with E-state index in [2.05, 4.69) is 0 Å². The lowest BCUT2D eigenvalue weighted by molar-refractivity contribution is -0.385. The van der Waals surface area contributed by atoms with Gasteiger partial charge in [-0.2, -0.15) is 5.26 Å². The monoisotopic (exact) mass is 208 g/mol. The molecule has 0 bridgehead atoms. The Bertz CT molecular complexity index is 411. The van der Waals surface area contributed by atoms with Gasteiger partial charge in [0, 0.05) is 6.07 Å². The third-order valence-electron chi connectivity index (χ3n) is 1.69. The lowest BCUT2D eigenvalue weighted by Crippen LogP contribution is -1.99. The lowest BCUT2D eigenvalue weighted by atomic mass is 10.2. The highest BCUT2D eigenvalue weighted by atomic mass is 16.6. The molecule has 0 aliphatic heterocycles. The van der Waals surface area contributed by atoms with Crippen molar-refractivity contribution in [1.29, 1.82) is 5.26 Å². The maximum Gasteiger partial charge on any atom is 0.311 e. The quantitative estimate of drug-likeness (QED) is 0.587. The minimum Gasteiger partial charge on any atom is -0.472 e. The number of aliphatic hydroxyl groups is 1. The minimum atomic E-state index is -0.619. The molecule has 6 nitrogen and oxygen atoms in total. The van der Waals surface area contributed by atoms with Crippen molar-refractivity contribution in [3.63, 3.8) is 0 Å². The SMILES string of the molecule is N#CCOc1ccc(CO)cc1[N+](=O)[O-]. The van der Waals surface area contributed by atoms with Gasteiger partial charge in [0.25, 0.3) is 0 Å². The first kappa shape index (κ1) is 10.9. The molecule has 0 heterocycles. The van der Waals surface area contributed by atoms with E-state index in [1.807, 2.05) is 0 Å². The van der Waals surface area contributed by atoms with Crippen LogP contribution in [0, 0.1) is 21.4 Å². The summed E-state index contributed by atoms with van der Waals surface area (Å²) in [5.41, 5.74) is 0.169. The predicted molar refractivity (Wildman–Crippen MR) is 50.1 cm³/mol. The Morgan fingerprint density at radius 3 is 2.87 bits per heavy atom. The van der Waals surface area contributed by atoms with E-state index in [-0.39, 0.29) is 24.7 Å². The molecule has 0 amide bonds. The van der Waals surface area contributed by atoms with Gasteiger partial charge in [-0.25, -0.2) is 0 Å². The van der Waals surface area contributed by atoms with Crippen molar-refractivity contribution >= 4 is 5.69 Å². The molecule has 78 valence electrons. The van der Waals surface area contributed by atoms with Crippen molar-refractivity contribution in [3.05, 3.63) is 33.9 Å². The number of ether oxygens (including phenoxy) is 1. The fraction of sp³-hybridized carbons (Fsp3) is 0.222. The second-order valence-electron chi connectivity index (χ2n) is 2.66. The summed E-state index contributed by atoms with van der Waals surface area (Å²) in [7, 11) is 0. The largest absolute Gasteiger partial charge is 0.472 e. The number of hydrogen-bond acceptors (Lipinski definition) is 5. The van der Waals surface area contributed by atoms with Crippen LogP contribution in [0.1, 0.15) is 5.56 Å². The highest BCUT2D eigenvalue weighted by molar-refractivity contribution is 5.48. The molecular weight excluding hydrogens is 200 g/mol. The molecule has 0 unspecified atom stereocenters. The van der Waals surface area contributed by atoms with Gasteiger partial charge >= 0.3 is 5.69 Å². The number of nitro groups is 1. The first-order valence-electron chi connectivity index (χ1n) is 4.07. The molecule has 0 radical (unpaired) electrons. The van der Waals surface area contributed by atoms with E-state index in [0.717, 1.165) is 0 Å². The molecule has 0 aliphatic rings. The number of benzene rings is 1. The maximum atomic E-state index is 10.6. The lowest BCUT2D eigenvalue weighted by Gasteiger charge is -2.03. The van der Waals surface area contributed by atoms with Gasteiger partial charge in [-0.05, 0) is 11.6 Å². The molecule has 1 rings (SSSR count). The van der Waals surface area contributed by atoms with Crippen LogP contribution in [-0.4, -0.2) is 16.6 Å². The van der Waals surface area contributed by atoms with Crippen LogP contribution in [0.3, 0.4) is 0 Å². The molecule has 0 saturated heterocycles. The Hall–Kier alpha value is -2.13. The molecule has 15 heavy (non-hydrogen) atoms. The summed E-state index contributed by atoms with van der Waals surface area (Å²) in [5, 5.41) is 27.7. The molecule has 0 aromatic heterocycles. The second kappa shape index (κ2) is 4.93. The summed E-state index contributed by atoms with van der Waals surface area (Å²) in [6.07, 6.45) is 0. The van der Waals surface area contributed by atoms with Crippen LogP contribution < -0.4 is 4.74 Å². The van der Waals surface area contributed by atoms with Crippen LogP contribution >= 0.6 is 0 Å². The van der Waals surface area contributed by atoms with Crippen LogP contribution in [0.25, 0.3) is 0 Å². The molecular formula is C9H8N2O4. The Morgan fingerprint density at radius 2 is 2.33 bits per heavy atom. The molecule has 1 aromatic rings. The number of hydrogen-bond donors (Lipinski definition) is 1. The van der Waals surface area contributed by atoms with Crippen LogP contribution in [0.2, 0.25) is 0 Å². The zero-order valence-electron chi connectivity index (χ0n) is 7.71. The average Bonchev–Trinajstić information content (AvgIpc) is 2.26. The molecule has 0 spiro atoms. The number of nitriles is 1. The standard InChI is InChI=1S/C9H8N2O4/c10-3-4-15-9-2-1-7(6-12)5-8(9)11(13)14/h1-2,5,12H,4,6H2. The van der Waals surface area contributed by atoms with Crippen LogP contribution in [0.15, 0.2) is 18.2 Å². The normalized spacial score (nSPS) is 9.33. The molecule has 0 fully saturated rings. The Kier molecular flexibility index (Phi) is 3.60. The van der Waals surface area contributed by atoms with Crippen LogP contribution in [0.5, 0.6) is 5.75 Å². The van der Waals surface area contributed by atoms with Crippen molar-refractivity contribution < 1.29 is 14.8 Å².